The van der Waals surface area contributed by atoms with E-state index in [1.165, 1.54) is 27.8 Å². The van der Waals surface area contributed by atoms with Crippen molar-refractivity contribution < 1.29 is 4.74 Å². The number of hydrogen-bond acceptors (Lipinski definition) is 1. The summed E-state index contributed by atoms with van der Waals surface area (Å²) < 4.78 is 5.61. The van der Waals surface area contributed by atoms with E-state index in [2.05, 4.69) is 61.2 Å². The largest absolute Gasteiger partial charge is 0.496 e. The molecule has 116 valence electrons. The molecule has 0 spiro atoms. The zero-order valence-electron chi connectivity index (χ0n) is 13.6. The first kappa shape index (κ1) is 14.5. The maximum absolute atomic E-state index is 5.61. The molecule has 0 N–H and O–H groups in total. The van der Waals surface area contributed by atoms with Gasteiger partial charge in [0.2, 0.25) is 0 Å². The Balaban J connectivity index is 2.05. The molecule has 1 aliphatic carbocycles. The van der Waals surface area contributed by atoms with Crippen molar-refractivity contribution in [2.24, 2.45) is 0 Å². The molecule has 0 heterocycles. The van der Waals surface area contributed by atoms with E-state index in [0.29, 0.717) is 0 Å². The average Bonchev–Trinajstić information content (AvgIpc) is 2.96. The van der Waals surface area contributed by atoms with Crippen molar-refractivity contribution in [2.75, 3.05) is 7.11 Å². The van der Waals surface area contributed by atoms with E-state index in [1.807, 2.05) is 24.3 Å². The van der Waals surface area contributed by atoms with Crippen LogP contribution in [0.15, 0.2) is 85.4 Å². The van der Waals surface area contributed by atoms with E-state index >= 15 is 0 Å². The second-order valence-corrected chi connectivity index (χ2v) is 5.84. The minimum atomic E-state index is 0.872. The summed E-state index contributed by atoms with van der Waals surface area (Å²) in [6.45, 7) is 4.40. The van der Waals surface area contributed by atoms with Gasteiger partial charge in [-0.15, -0.1) is 0 Å². The molecule has 0 fully saturated rings. The molecule has 1 nitrogen and oxygen atoms in total. The molecule has 0 atom stereocenters. The van der Waals surface area contributed by atoms with Gasteiger partial charge in [-0.1, -0.05) is 79.4 Å². The standard InChI is InChI=1S/C23H18O/c1-16-21(17-10-5-3-6-11-17)23(18-12-7-4-8-13-18)19-14-9-15-20(24-2)22(16)19/h3-15H,1H2,2H3. The number of allylic oxidation sites excluding steroid dienone is 2. The molecule has 3 aromatic rings. The van der Waals surface area contributed by atoms with Crippen molar-refractivity contribution in [1.82, 2.24) is 0 Å². The summed E-state index contributed by atoms with van der Waals surface area (Å²) in [4.78, 5) is 0. The summed E-state index contributed by atoms with van der Waals surface area (Å²) in [5.41, 5.74) is 8.08. The molecule has 0 saturated carbocycles. The third-order valence-electron chi connectivity index (χ3n) is 4.49. The van der Waals surface area contributed by atoms with E-state index in [1.54, 1.807) is 7.11 Å². The molecule has 0 aromatic heterocycles. The fraction of sp³-hybridized carbons (Fsp3) is 0.0435. The number of benzene rings is 3. The summed E-state index contributed by atoms with van der Waals surface area (Å²) >= 11 is 0. The highest BCUT2D eigenvalue weighted by molar-refractivity contribution is 6.24. The zero-order valence-corrected chi connectivity index (χ0v) is 13.6. The number of fused-ring (bicyclic) bond motifs is 1. The lowest BCUT2D eigenvalue weighted by Crippen LogP contribution is -1.91. The highest BCUT2D eigenvalue weighted by Gasteiger charge is 2.29. The molecule has 0 radical (unpaired) electrons. The summed E-state index contributed by atoms with van der Waals surface area (Å²) in [7, 11) is 1.71. The molecule has 1 aliphatic rings. The SMILES string of the molecule is C=C1C(c2ccccc2)=C(c2ccccc2)c2cccc(OC)c21. The van der Waals surface area contributed by atoms with Crippen molar-refractivity contribution in [3.63, 3.8) is 0 Å². The molecule has 4 rings (SSSR count). The van der Waals surface area contributed by atoms with Crippen LogP contribution < -0.4 is 4.74 Å². The number of ether oxygens (including phenoxy) is 1. The van der Waals surface area contributed by atoms with Gasteiger partial charge >= 0.3 is 0 Å². The normalized spacial score (nSPS) is 13.1. The van der Waals surface area contributed by atoms with Crippen LogP contribution in [0.3, 0.4) is 0 Å². The minimum absolute atomic E-state index is 0.872. The topological polar surface area (TPSA) is 9.23 Å². The average molecular weight is 310 g/mol. The molecular weight excluding hydrogens is 292 g/mol. The van der Waals surface area contributed by atoms with Gasteiger partial charge in [0.1, 0.15) is 5.75 Å². The zero-order chi connectivity index (χ0) is 16.5. The third-order valence-corrected chi connectivity index (χ3v) is 4.49. The van der Waals surface area contributed by atoms with Crippen molar-refractivity contribution in [3.8, 4) is 5.75 Å². The molecule has 0 amide bonds. The van der Waals surface area contributed by atoms with Gasteiger partial charge in [0.15, 0.2) is 0 Å². The Morgan fingerprint density at radius 1 is 0.667 bits per heavy atom. The molecule has 0 unspecified atom stereocenters. The van der Waals surface area contributed by atoms with Gasteiger partial charge in [-0.3, -0.25) is 0 Å². The van der Waals surface area contributed by atoms with Crippen LogP contribution in [0, 0.1) is 0 Å². The highest BCUT2D eigenvalue weighted by atomic mass is 16.5. The van der Waals surface area contributed by atoms with Crippen LogP contribution in [0.1, 0.15) is 22.3 Å². The van der Waals surface area contributed by atoms with Crippen molar-refractivity contribution in [2.45, 2.75) is 0 Å². The lowest BCUT2D eigenvalue weighted by molar-refractivity contribution is 0.413. The maximum Gasteiger partial charge on any atom is 0.127 e. The predicted octanol–water partition coefficient (Wildman–Crippen LogP) is 5.68. The maximum atomic E-state index is 5.61. The highest BCUT2D eigenvalue weighted by Crippen LogP contribution is 2.51. The Hall–Kier alpha value is -3.06. The smallest absolute Gasteiger partial charge is 0.127 e. The summed E-state index contributed by atoms with van der Waals surface area (Å²) in [6.07, 6.45) is 0. The van der Waals surface area contributed by atoms with Crippen molar-refractivity contribution >= 4 is 16.7 Å². The number of rotatable bonds is 3. The van der Waals surface area contributed by atoms with Gasteiger partial charge in [0, 0.05) is 5.56 Å². The second kappa shape index (κ2) is 5.86. The van der Waals surface area contributed by atoms with Crippen molar-refractivity contribution in [3.05, 3.63) is 108 Å². The number of hydrogen-bond donors (Lipinski definition) is 0. The molecular formula is C23H18O. The van der Waals surface area contributed by atoms with E-state index in [9.17, 15) is 0 Å². The van der Waals surface area contributed by atoms with Crippen LogP contribution in [0.4, 0.5) is 0 Å². The molecule has 0 bridgehead atoms. The van der Waals surface area contributed by atoms with E-state index < -0.39 is 0 Å². The Morgan fingerprint density at radius 2 is 1.25 bits per heavy atom. The quantitative estimate of drug-likeness (QED) is 0.604. The Morgan fingerprint density at radius 3 is 1.83 bits per heavy atom. The van der Waals surface area contributed by atoms with Crippen LogP contribution in [0.2, 0.25) is 0 Å². The van der Waals surface area contributed by atoms with Gasteiger partial charge in [0.05, 0.1) is 7.11 Å². The monoisotopic (exact) mass is 310 g/mol. The van der Waals surface area contributed by atoms with Crippen molar-refractivity contribution in [1.29, 1.82) is 0 Å². The summed E-state index contributed by atoms with van der Waals surface area (Å²) in [6, 6.07) is 27.2. The molecule has 1 heteroatoms. The first-order valence-corrected chi connectivity index (χ1v) is 8.03. The molecule has 0 saturated heterocycles. The fourth-order valence-corrected chi connectivity index (χ4v) is 3.46. The van der Waals surface area contributed by atoms with E-state index in [4.69, 9.17) is 4.74 Å². The second-order valence-electron chi connectivity index (χ2n) is 5.84. The van der Waals surface area contributed by atoms with Crippen LogP contribution >= 0.6 is 0 Å². The van der Waals surface area contributed by atoms with Gasteiger partial charge in [-0.2, -0.15) is 0 Å². The predicted molar refractivity (Wildman–Crippen MR) is 101 cm³/mol. The first-order valence-electron chi connectivity index (χ1n) is 8.03. The Kier molecular flexibility index (Phi) is 3.55. The van der Waals surface area contributed by atoms with E-state index in [-0.39, 0.29) is 0 Å². The van der Waals surface area contributed by atoms with Gasteiger partial charge in [0.25, 0.3) is 0 Å². The van der Waals surface area contributed by atoms with E-state index in [0.717, 1.165) is 16.9 Å². The summed E-state index contributed by atoms with van der Waals surface area (Å²) in [5, 5.41) is 0. The first-order chi connectivity index (χ1) is 11.8. The van der Waals surface area contributed by atoms with Gasteiger partial charge in [-0.05, 0) is 39.5 Å². The van der Waals surface area contributed by atoms with Crippen LogP contribution in [0.5, 0.6) is 5.75 Å². The van der Waals surface area contributed by atoms with Crippen LogP contribution in [-0.2, 0) is 0 Å². The molecule has 0 aliphatic heterocycles. The lowest BCUT2D eigenvalue weighted by Gasteiger charge is -2.10. The van der Waals surface area contributed by atoms with Crippen LogP contribution in [-0.4, -0.2) is 7.11 Å². The fourth-order valence-electron chi connectivity index (χ4n) is 3.46. The summed E-state index contributed by atoms with van der Waals surface area (Å²) in [5.74, 6) is 0.872. The molecule has 24 heavy (non-hydrogen) atoms. The van der Waals surface area contributed by atoms with Gasteiger partial charge in [-0.25, -0.2) is 0 Å². The Labute approximate surface area is 142 Å². The Bertz CT molecular complexity index is 934. The van der Waals surface area contributed by atoms with Crippen LogP contribution in [0.25, 0.3) is 16.7 Å². The minimum Gasteiger partial charge on any atom is -0.496 e. The van der Waals surface area contributed by atoms with Gasteiger partial charge < -0.3 is 4.74 Å². The number of methoxy groups -OCH3 is 1. The molecule has 3 aromatic carbocycles. The third kappa shape index (κ3) is 2.17. The lowest BCUT2D eigenvalue weighted by atomic mass is 9.94.